The minimum Gasteiger partial charge on any atom is -0.493 e. The van der Waals surface area contributed by atoms with E-state index in [9.17, 15) is 4.79 Å². The number of nitrogens with zero attached hydrogens (tertiary/aromatic N) is 3. The van der Waals surface area contributed by atoms with E-state index < -0.39 is 0 Å². The van der Waals surface area contributed by atoms with Gasteiger partial charge in [-0.05, 0) is 32.8 Å². The molecular formula is C21H23ClN4O3. The maximum atomic E-state index is 13.2. The second-order valence-corrected chi connectivity index (χ2v) is 7.84. The molecule has 1 N–H and O–H groups in total. The zero-order valence-corrected chi connectivity index (χ0v) is 17.6. The molecule has 0 unspecified atom stereocenters. The summed E-state index contributed by atoms with van der Waals surface area (Å²) in [4.78, 5) is 18.0. The number of methoxy groups -OCH3 is 2. The maximum absolute atomic E-state index is 13.2. The molecule has 0 spiro atoms. The minimum absolute atomic E-state index is 0.144. The summed E-state index contributed by atoms with van der Waals surface area (Å²) in [6, 6.07) is 5.28. The van der Waals surface area contributed by atoms with Gasteiger partial charge in [-0.1, -0.05) is 11.6 Å². The Kier molecular flexibility index (Phi) is 5.08. The Labute approximate surface area is 174 Å². The molecule has 1 amide bonds. The molecule has 1 aromatic carbocycles. The average Bonchev–Trinajstić information content (AvgIpc) is 3.46. The van der Waals surface area contributed by atoms with Gasteiger partial charge in [-0.3, -0.25) is 4.79 Å². The Morgan fingerprint density at radius 1 is 1.21 bits per heavy atom. The number of rotatable bonds is 6. The highest BCUT2D eigenvalue weighted by Gasteiger charge is 2.28. The Morgan fingerprint density at radius 3 is 2.52 bits per heavy atom. The normalized spacial score (nSPS) is 13.7. The van der Waals surface area contributed by atoms with E-state index in [2.05, 4.69) is 10.4 Å². The van der Waals surface area contributed by atoms with Crippen LogP contribution >= 0.6 is 11.6 Å². The number of nitrogens with one attached hydrogen (secondary N) is 1. The molecule has 0 bridgehead atoms. The number of fused-ring (bicyclic) bond motifs is 1. The Morgan fingerprint density at radius 2 is 1.90 bits per heavy atom. The van der Waals surface area contributed by atoms with Gasteiger partial charge in [0, 0.05) is 29.8 Å². The fourth-order valence-corrected chi connectivity index (χ4v) is 3.53. The molecule has 29 heavy (non-hydrogen) atoms. The zero-order chi connectivity index (χ0) is 20.7. The van der Waals surface area contributed by atoms with E-state index in [1.54, 1.807) is 18.3 Å². The zero-order valence-electron chi connectivity index (χ0n) is 16.8. The number of ether oxygens (including phenoxy) is 2. The first kappa shape index (κ1) is 19.5. The van der Waals surface area contributed by atoms with Crippen molar-refractivity contribution in [3.8, 4) is 11.5 Å². The van der Waals surface area contributed by atoms with E-state index in [1.807, 2.05) is 24.6 Å². The summed E-state index contributed by atoms with van der Waals surface area (Å²) in [5.41, 5.74) is 2.65. The molecule has 0 atom stereocenters. The first-order valence-electron chi connectivity index (χ1n) is 9.54. The predicted molar refractivity (Wildman–Crippen MR) is 112 cm³/mol. The van der Waals surface area contributed by atoms with Gasteiger partial charge in [0.2, 0.25) is 0 Å². The topological polar surface area (TPSA) is 78.3 Å². The second-order valence-electron chi connectivity index (χ2n) is 7.43. The minimum atomic E-state index is -0.267. The molecule has 1 aliphatic carbocycles. The van der Waals surface area contributed by atoms with Crippen LogP contribution in [-0.4, -0.2) is 34.9 Å². The quantitative estimate of drug-likeness (QED) is 0.626. The highest BCUT2D eigenvalue weighted by Crippen LogP contribution is 2.41. The van der Waals surface area contributed by atoms with Crippen LogP contribution in [-0.2, 0) is 0 Å². The van der Waals surface area contributed by atoms with Gasteiger partial charge in [0.15, 0.2) is 17.1 Å². The van der Waals surface area contributed by atoms with Gasteiger partial charge in [0.25, 0.3) is 5.91 Å². The Hall–Kier alpha value is -2.80. The van der Waals surface area contributed by atoms with E-state index >= 15 is 0 Å². The first-order valence-corrected chi connectivity index (χ1v) is 9.91. The molecule has 1 saturated carbocycles. The van der Waals surface area contributed by atoms with Crippen molar-refractivity contribution in [3.05, 3.63) is 40.7 Å². The van der Waals surface area contributed by atoms with E-state index in [-0.39, 0.29) is 11.9 Å². The lowest BCUT2D eigenvalue weighted by molar-refractivity contribution is 0.102. The molecule has 3 aromatic rings. The van der Waals surface area contributed by atoms with Crippen molar-refractivity contribution in [1.29, 1.82) is 0 Å². The summed E-state index contributed by atoms with van der Waals surface area (Å²) in [6.07, 6.45) is 3.89. The van der Waals surface area contributed by atoms with Crippen molar-refractivity contribution in [1.82, 2.24) is 14.8 Å². The van der Waals surface area contributed by atoms with Crippen molar-refractivity contribution in [2.45, 2.75) is 38.6 Å². The SMILES string of the molecule is COc1cc(Cl)c(NC(=O)c2cc(C3CC3)nc3c2cnn3C(C)C)cc1OC. The number of carbonyl (C=O) groups is 1. The Balaban J connectivity index is 1.76. The van der Waals surface area contributed by atoms with Crippen molar-refractivity contribution < 1.29 is 14.3 Å². The number of carbonyl (C=O) groups excluding carboxylic acids is 1. The fraction of sp³-hybridized carbons (Fsp3) is 0.381. The second kappa shape index (κ2) is 7.55. The first-order chi connectivity index (χ1) is 13.9. The third kappa shape index (κ3) is 3.62. The van der Waals surface area contributed by atoms with E-state index in [0.717, 1.165) is 29.6 Å². The molecule has 0 radical (unpaired) electrons. The highest BCUT2D eigenvalue weighted by atomic mass is 35.5. The predicted octanol–water partition coefficient (Wildman–Crippen LogP) is 4.81. The molecule has 152 valence electrons. The van der Waals surface area contributed by atoms with Gasteiger partial charge in [-0.2, -0.15) is 5.10 Å². The van der Waals surface area contributed by atoms with Crippen LogP contribution in [0.15, 0.2) is 24.4 Å². The van der Waals surface area contributed by atoms with Crippen LogP contribution < -0.4 is 14.8 Å². The summed E-state index contributed by atoms with van der Waals surface area (Å²) in [5.74, 6) is 1.12. The average molecular weight is 415 g/mol. The third-order valence-electron chi connectivity index (χ3n) is 5.04. The number of benzene rings is 1. The summed E-state index contributed by atoms with van der Waals surface area (Å²) >= 11 is 6.35. The molecule has 1 fully saturated rings. The number of hydrogen-bond acceptors (Lipinski definition) is 5. The van der Waals surface area contributed by atoms with Gasteiger partial charge in [-0.15, -0.1) is 0 Å². The van der Waals surface area contributed by atoms with Gasteiger partial charge < -0.3 is 14.8 Å². The highest BCUT2D eigenvalue weighted by molar-refractivity contribution is 6.34. The molecular weight excluding hydrogens is 392 g/mol. The van der Waals surface area contributed by atoms with Gasteiger partial charge in [0.05, 0.1) is 42.1 Å². The molecule has 0 aliphatic heterocycles. The number of hydrogen-bond donors (Lipinski definition) is 1. The summed E-state index contributed by atoms with van der Waals surface area (Å²) < 4.78 is 12.4. The van der Waals surface area contributed by atoms with Crippen LogP contribution in [0, 0.1) is 0 Å². The number of anilines is 1. The largest absolute Gasteiger partial charge is 0.493 e. The lowest BCUT2D eigenvalue weighted by Crippen LogP contribution is -2.14. The molecule has 2 aromatic heterocycles. The smallest absolute Gasteiger partial charge is 0.256 e. The molecule has 2 heterocycles. The summed E-state index contributed by atoms with van der Waals surface area (Å²) in [7, 11) is 3.07. The van der Waals surface area contributed by atoms with Crippen molar-refractivity contribution >= 4 is 34.2 Å². The molecule has 0 saturated heterocycles. The molecule has 7 nitrogen and oxygen atoms in total. The number of amides is 1. The van der Waals surface area contributed by atoms with Crippen LogP contribution in [0.2, 0.25) is 5.02 Å². The van der Waals surface area contributed by atoms with E-state index in [1.165, 1.54) is 14.2 Å². The maximum Gasteiger partial charge on any atom is 0.256 e. The van der Waals surface area contributed by atoms with Gasteiger partial charge in [0.1, 0.15) is 0 Å². The summed E-state index contributed by atoms with van der Waals surface area (Å²) in [5, 5.41) is 8.43. The molecule has 4 rings (SSSR count). The van der Waals surface area contributed by atoms with Crippen LogP contribution in [0.3, 0.4) is 0 Å². The Bertz CT molecular complexity index is 1090. The fourth-order valence-electron chi connectivity index (χ4n) is 3.33. The monoisotopic (exact) mass is 414 g/mol. The molecule has 1 aliphatic rings. The number of pyridine rings is 1. The van der Waals surface area contributed by atoms with Crippen molar-refractivity contribution in [2.24, 2.45) is 0 Å². The van der Waals surface area contributed by atoms with E-state index in [0.29, 0.717) is 33.7 Å². The molecule has 8 heteroatoms. The van der Waals surface area contributed by atoms with Crippen molar-refractivity contribution in [3.63, 3.8) is 0 Å². The van der Waals surface area contributed by atoms with Gasteiger partial charge >= 0.3 is 0 Å². The van der Waals surface area contributed by atoms with Crippen LogP contribution in [0.1, 0.15) is 54.7 Å². The number of halogens is 1. The standard InChI is InChI=1S/C21H23ClN4O3/c1-11(2)26-20-14(10-23-26)13(7-16(24-20)12-5-6-12)21(27)25-17-9-19(29-4)18(28-3)8-15(17)22/h7-12H,5-6H2,1-4H3,(H,25,27). The third-order valence-corrected chi connectivity index (χ3v) is 5.35. The van der Waals surface area contributed by atoms with Crippen molar-refractivity contribution in [2.75, 3.05) is 19.5 Å². The van der Waals surface area contributed by atoms with Crippen LogP contribution in [0.4, 0.5) is 5.69 Å². The van der Waals surface area contributed by atoms with E-state index in [4.69, 9.17) is 26.1 Å². The lowest BCUT2D eigenvalue weighted by atomic mass is 10.1. The summed E-state index contributed by atoms with van der Waals surface area (Å²) in [6.45, 7) is 4.09. The lowest BCUT2D eigenvalue weighted by Gasteiger charge is -2.14. The van der Waals surface area contributed by atoms with Crippen LogP contribution in [0.25, 0.3) is 11.0 Å². The van der Waals surface area contributed by atoms with Gasteiger partial charge in [-0.25, -0.2) is 9.67 Å². The van der Waals surface area contributed by atoms with Crippen LogP contribution in [0.5, 0.6) is 11.5 Å². The number of aromatic nitrogens is 3.